The molecule has 0 aliphatic rings. The van der Waals surface area contributed by atoms with E-state index >= 15 is 0 Å². The van der Waals surface area contributed by atoms with Crippen LogP contribution in [0.1, 0.15) is 6.92 Å². The van der Waals surface area contributed by atoms with Gasteiger partial charge in [0.05, 0.1) is 5.69 Å². The lowest BCUT2D eigenvalue weighted by molar-refractivity contribution is -0.114. The molecule has 1 amide bonds. The first-order valence-electron chi connectivity index (χ1n) is 5.91. The minimum Gasteiger partial charge on any atom is -0.326 e. The SMILES string of the molecule is CC(=O)Nc1cccc(-c2ccc3nccn3n2)c1. The van der Waals surface area contributed by atoms with Crippen molar-refractivity contribution in [1.29, 1.82) is 0 Å². The van der Waals surface area contributed by atoms with Gasteiger partial charge >= 0.3 is 0 Å². The van der Waals surface area contributed by atoms with E-state index in [4.69, 9.17) is 0 Å². The fourth-order valence-electron chi connectivity index (χ4n) is 1.93. The molecule has 2 aromatic heterocycles. The molecule has 1 N–H and O–H groups in total. The number of hydrogen-bond donors (Lipinski definition) is 1. The number of nitrogens with one attached hydrogen (secondary N) is 1. The van der Waals surface area contributed by atoms with E-state index in [9.17, 15) is 4.79 Å². The summed E-state index contributed by atoms with van der Waals surface area (Å²) in [4.78, 5) is 15.2. The Morgan fingerprint density at radius 3 is 3.00 bits per heavy atom. The second kappa shape index (κ2) is 4.53. The summed E-state index contributed by atoms with van der Waals surface area (Å²) in [5.74, 6) is -0.0878. The second-order valence-electron chi connectivity index (χ2n) is 4.21. The van der Waals surface area contributed by atoms with Gasteiger partial charge in [-0.15, -0.1) is 0 Å². The molecule has 0 bridgehead atoms. The molecule has 3 rings (SSSR count). The monoisotopic (exact) mass is 252 g/mol. The first-order valence-corrected chi connectivity index (χ1v) is 5.91. The highest BCUT2D eigenvalue weighted by Crippen LogP contribution is 2.20. The van der Waals surface area contributed by atoms with Gasteiger partial charge in [-0.1, -0.05) is 12.1 Å². The van der Waals surface area contributed by atoms with Gasteiger partial charge in [-0.3, -0.25) is 4.79 Å². The van der Waals surface area contributed by atoms with Crippen LogP contribution >= 0.6 is 0 Å². The number of aromatic nitrogens is 3. The number of nitrogens with zero attached hydrogens (tertiary/aromatic N) is 3. The minimum atomic E-state index is -0.0878. The molecule has 0 fully saturated rings. The van der Waals surface area contributed by atoms with Crippen LogP contribution in [0.5, 0.6) is 0 Å². The van der Waals surface area contributed by atoms with Crippen LogP contribution in [0.25, 0.3) is 16.9 Å². The lowest BCUT2D eigenvalue weighted by Crippen LogP contribution is -2.05. The van der Waals surface area contributed by atoms with Gasteiger partial charge in [0.2, 0.25) is 5.91 Å². The van der Waals surface area contributed by atoms with Crippen molar-refractivity contribution in [1.82, 2.24) is 14.6 Å². The van der Waals surface area contributed by atoms with Crippen molar-refractivity contribution in [2.45, 2.75) is 6.92 Å². The van der Waals surface area contributed by atoms with Crippen molar-refractivity contribution in [2.24, 2.45) is 0 Å². The number of amides is 1. The molecular weight excluding hydrogens is 240 g/mol. The van der Waals surface area contributed by atoms with Crippen LogP contribution in [0.4, 0.5) is 5.69 Å². The van der Waals surface area contributed by atoms with Crippen molar-refractivity contribution in [2.75, 3.05) is 5.32 Å². The summed E-state index contributed by atoms with van der Waals surface area (Å²) in [5.41, 5.74) is 3.35. The Hall–Kier alpha value is -2.69. The Bertz CT molecular complexity index is 748. The van der Waals surface area contributed by atoms with E-state index in [1.165, 1.54) is 6.92 Å². The lowest BCUT2D eigenvalue weighted by Gasteiger charge is -2.05. The van der Waals surface area contributed by atoms with E-state index in [0.717, 1.165) is 22.6 Å². The Morgan fingerprint density at radius 1 is 1.26 bits per heavy atom. The Morgan fingerprint density at radius 2 is 2.16 bits per heavy atom. The summed E-state index contributed by atoms with van der Waals surface area (Å²) in [7, 11) is 0. The molecule has 19 heavy (non-hydrogen) atoms. The van der Waals surface area contributed by atoms with Crippen LogP contribution in [-0.2, 0) is 4.79 Å². The topological polar surface area (TPSA) is 59.3 Å². The zero-order chi connectivity index (χ0) is 13.2. The molecule has 0 saturated carbocycles. The summed E-state index contributed by atoms with van der Waals surface area (Å²) >= 11 is 0. The predicted octanol–water partition coefficient (Wildman–Crippen LogP) is 2.35. The van der Waals surface area contributed by atoms with Gasteiger partial charge in [0.25, 0.3) is 0 Å². The predicted molar refractivity (Wildman–Crippen MR) is 72.7 cm³/mol. The Balaban J connectivity index is 2.02. The molecule has 0 aliphatic heterocycles. The third kappa shape index (κ3) is 2.30. The van der Waals surface area contributed by atoms with Gasteiger partial charge in [0, 0.05) is 30.6 Å². The third-order valence-corrected chi connectivity index (χ3v) is 2.73. The fraction of sp³-hybridized carbons (Fsp3) is 0.0714. The fourth-order valence-corrected chi connectivity index (χ4v) is 1.93. The number of carbonyl (C=O) groups is 1. The number of hydrogen-bond acceptors (Lipinski definition) is 3. The zero-order valence-corrected chi connectivity index (χ0v) is 10.4. The quantitative estimate of drug-likeness (QED) is 0.761. The third-order valence-electron chi connectivity index (χ3n) is 2.73. The number of anilines is 1. The number of fused-ring (bicyclic) bond motifs is 1. The first-order chi connectivity index (χ1) is 9.22. The number of imidazole rings is 1. The Kier molecular flexibility index (Phi) is 2.72. The summed E-state index contributed by atoms with van der Waals surface area (Å²) in [6.07, 6.45) is 3.51. The molecule has 0 aliphatic carbocycles. The highest BCUT2D eigenvalue weighted by molar-refractivity contribution is 5.89. The van der Waals surface area contributed by atoms with Crippen molar-refractivity contribution in [3.63, 3.8) is 0 Å². The maximum Gasteiger partial charge on any atom is 0.221 e. The maximum atomic E-state index is 11.1. The van der Waals surface area contributed by atoms with E-state index in [1.807, 2.05) is 36.4 Å². The molecule has 0 saturated heterocycles. The van der Waals surface area contributed by atoms with Gasteiger partial charge in [-0.2, -0.15) is 5.10 Å². The molecule has 1 aromatic carbocycles. The van der Waals surface area contributed by atoms with Gasteiger partial charge in [0.15, 0.2) is 5.65 Å². The van der Waals surface area contributed by atoms with Crippen LogP contribution < -0.4 is 5.32 Å². The van der Waals surface area contributed by atoms with Crippen LogP contribution in [0, 0.1) is 0 Å². The summed E-state index contributed by atoms with van der Waals surface area (Å²) in [6, 6.07) is 11.4. The molecule has 5 heteroatoms. The van der Waals surface area contributed by atoms with E-state index < -0.39 is 0 Å². The molecule has 5 nitrogen and oxygen atoms in total. The number of rotatable bonds is 2. The molecule has 94 valence electrons. The van der Waals surface area contributed by atoms with Crippen molar-refractivity contribution in [3.8, 4) is 11.3 Å². The largest absolute Gasteiger partial charge is 0.326 e. The normalized spacial score (nSPS) is 10.6. The van der Waals surface area contributed by atoms with E-state index in [2.05, 4.69) is 15.4 Å². The summed E-state index contributed by atoms with van der Waals surface area (Å²) < 4.78 is 1.72. The average molecular weight is 252 g/mol. The molecular formula is C14H12N4O. The second-order valence-corrected chi connectivity index (χ2v) is 4.21. The highest BCUT2D eigenvalue weighted by atomic mass is 16.1. The standard InChI is InChI=1S/C14H12N4O/c1-10(19)16-12-4-2-3-11(9-12)13-5-6-14-15-7-8-18(14)17-13/h2-9H,1H3,(H,16,19). The van der Waals surface area contributed by atoms with Crippen LogP contribution in [0.2, 0.25) is 0 Å². The molecule has 0 spiro atoms. The van der Waals surface area contributed by atoms with Crippen molar-refractivity contribution < 1.29 is 4.79 Å². The smallest absolute Gasteiger partial charge is 0.221 e. The highest BCUT2D eigenvalue weighted by Gasteiger charge is 2.03. The zero-order valence-electron chi connectivity index (χ0n) is 10.4. The van der Waals surface area contributed by atoms with E-state index in [1.54, 1.807) is 16.9 Å². The molecule has 0 atom stereocenters. The van der Waals surface area contributed by atoms with Gasteiger partial charge in [-0.05, 0) is 24.3 Å². The lowest BCUT2D eigenvalue weighted by atomic mass is 10.1. The molecule has 3 aromatic rings. The van der Waals surface area contributed by atoms with Crippen molar-refractivity contribution >= 4 is 17.2 Å². The van der Waals surface area contributed by atoms with Gasteiger partial charge in [-0.25, -0.2) is 9.50 Å². The Labute approximate surface area is 109 Å². The molecule has 0 unspecified atom stereocenters. The molecule has 2 heterocycles. The summed E-state index contributed by atoms with van der Waals surface area (Å²) in [6.45, 7) is 1.49. The van der Waals surface area contributed by atoms with Crippen molar-refractivity contribution in [3.05, 3.63) is 48.8 Å². The number of carbonyl (C=O) groups excluding carboxylic acids is 1. The minimum absolute atomic E-state index is 0.0878. The summed E-state index contributed by atoms with van der Waals surface area (Å²) in [5, 5.41) is 7.23. The molecule has 0 radical (unpaired) electrons. The van der Waals surface area contributed by atoms with Crippen LogP contribution in [0.15, 0.2) is 48.8 Å². The van der Waals surface area contributed by atoms with E-state index in [-0.39, 0.29) is 5.91 Å². The van der Waals surface area contributed by atoms with Crippen LogP contribution in [0.3, 0.4) is 0 Å². The van der Waals surface area contributed by atoms with Crippen LogP contribution in [-0.4, -0.2) is 20.5 Å². The first kappa shape index (κ1) is 11.4. The van der Waals surface area contributed by atoms with Gasteiger partial charge in [0.1, 0.15) is 0 Å². The average Bonchev–Trinajstić information content (AvgIpc) is 2.85. The van der Waals surface area contributed by atoms with Gasteiger partial charge < -0.3 is 5.32 Å². The number of benzene rings is 1. The maximum absolute atomic E-state index is 11.1. The van der Waals surface area contributed by atoms with E-state index in [0.29, 0.717) is 0 Å².